The molecule has 2 saturated heterocycles. The van der Waals surface area contributed by atoms with Crippen molar-refractivity contribution in [2.45, 2.75) is 83.6 Å². The zero-order chi connectivity index (χ0) is 17.7. The minimum atomic E-state index is -0.886. The van der Waals surface area contributed by atoms with Gasteiger partial charge in [-0.1, -0.05) is 0 Å². The lowest BCUT2D eigenvalue weighted by Crippen LogP contribution is -2.53. The Kier molecular flexibility index (Phi) is 4.11. The van der Waals surface area contributed by atoms with Gasteiger partial charge in [-0.3, -0.25) is 4.98 Å². The van der Waals surface area contributed by atoms with Gasteiger partial charge in [0.2, 0.25) is 0 Å². The lowest BCUT2D eigenvalue weighted by molar-refractivity contribution is -0.0625. The molecule has 0 spiro atoms. The van der Waals surface area contributed by atoms with Gasteiger partial charge in [-0.05, 0) is 65.2 Å². The SMILES string of the molecule is Cc1cc(C2(O)CC3CCC(C2)N3C(=O)OC(C)(C)C)cc(C)n1. The molecule has 2 atom stereocenters. The van der Waals surface area contributed by atoms with Crippen LogP contribution in [0.25, 0.3) is 0 Å². The molecule has 5 heteroatoms. The number of carbonyl (C=O) groups excluding carboxylic acids is 1. The Bertz CT molecular complexity index is 616. The number of ether oxygens (including phenoxy) is 1. The van der Waals surface area contributed by atoms with Gasteiger partial charge >= 0.3 is 6.09 Å². The minimum Gasteiger partial charge on any atom is -0.444 e. The third kappa shape index (κ3) is 3.27. The van der Waals surface area contributed by atoms with Crippen LogP contribution in [0.4, 0.5) is 4.79 Å². The molecule has 0 radical (unpaired) electrons. The topological polar surface area (TPSA) is 62.7 Å². The molecule has 132 valence electrons. The maximum absolute atomic E-state index is 12.5. The van der Waals surface area contributed by atoms with Crippen molar-refractivity contribution in [2.75, 3.05) is 0 Å². The van der Waals surface area contributed by atoms with Gasteiger partial charge in [0.05, 0.1) is 5.60 Å². The number of amides is 1. The van der Waals surface area contributed by atoms with E-state index in [9.17, 15) is 9.90 Å². The molecule has 2 fully saturated rings. The lowest BCUT2D eigenvalue weighted by atomic mass is 9.80. The molecule has 0 aromatic carbocycles. The quantitative estimate of drug-likeness (QED) is 0.855. The first kappa shape index (κ1) is 17.2. The maximum atomic E-state index is 12.5. The van der Waals surface area contributed by atoms with Crippen LogP contribution in [-0.4, -0.2) is 38.8 Å². The first-order valence-electron chi connectivity index (χ1n) is 8.77. The van der Waals surface area contributed by atoms with Crippen molar-refractivity contribution in [1.82, 2.24) is 9.88 Å². The monoisotopic (exact) mass is 332 g/mol. The summed E-state index contributed by atoms with van der Waals surface area (Å²) in [5.74, 6) is 0. The average Bonchev–Trinajstić information content (AvgIpc) is 2.69. The molecule has 2 bridgehead atoms. The molecule has 0 aliphatic carbocycles. The highest BCUT2D eigenvalue weighted by atomic mass is 16.6. The number of aryl methyl sites for hydroxylation is 2. The van der Waals surface area contributed by atoms with Crippen molar-refractivity contribution < 1.29 is 14.6 Å². The molecular weight excluding hydrogens is 304 g/mol. The van der Waals surface area contributed by atoms with Crippen LogP contribution in [0.3, 0.4) is 0 Å². The van der Waals surface area contributed by atoms with E-state index in [-0.39, 0.29) is 18.2 Å². The molecule has 2 aliphatic heterocycles. The van der Waals surface area contributed by atoms with Gasteiger partial charge in [0.15, 0.2) is 0 Å². The van der Waals surface area contributed by atoms with E-state index in [4.69, 9.17) is 4.74 Å². The van der Waals surface area contributed by atoms with E-state index in [0.717, 1.165) is 29.8 Å². The Morgan fingerprint density at radius 1 is 1.21 bits per heavy atom. The first-order valence-corrected chi connectivity index (χ1v) is 8.77. The number of carbonyl (C=O) groups is 1. The Labute approximate surface area is 144 Å². The highest BCUT2D eigenvalue weighted by Gasteiger charge is 2.51. The van der Waals surface area contributed by atoms with Gasteiger partial charge in [0.25, 0.3) is 0 Å². The molecular formula is C19H28N2O3. The highest BCUT2D eigenvalue weighted by Crippen LogP contribution is 2.46. The van der Waals surface area contributed by atoms with Crippen molar-refractivity contribution in [3.63, 3.8) is 0 Å². The number of fused-ring (bicyclic) bond motifs is 2. The molecule has 1 aromatic heterocycles. The second-order valence-electron chi connectivity index (χ2n) is 8.35. The summed E-state index contributed by atoms with van der Waals surface area (Å²) in [5, 5.41) is 11.3. The fraction of sp³-hybridized carbons (Fsp3) is 0.684. The summed E-state index contributed by atoms with van der Waals surface area (Å²) in [4.78, 5) is 18.8. The van der Waals surface area contributed by atoms with Gasteiger partial charge in [-0.25, -0.2) is 4.79 Å². The van der Waals surface area contributed by atoms with E-state index in [1.165, 1.54) is 0 Å². The van der Waals surface area contributed by atoms with E-state index in [0.29, 0.717) is 12.8 Å². The number of pyridine rings is 1. The van der Waals surface area contributed by atoms with E-state index >= 15 is 0 Å². The summed E-state index contributed by atoms with van der Waals surface area (Å²) >= 11 is 0. The number of aliphatic hydroxyl groups is 1. The smallest absolute Gasteiger partial charge is 0.410 e. The third-order valence-electron chi connectivity index (χ3n) is 4.99. The summed E-state index contributed by atoms with van der Waals surface area (Å²) in [6.07, 6.45) is 2.72. The molecule has 3 rings (SSSR count). The van der Waals surface area contributed by atoms with Gasteiger partial charge in [-0.15, -0.1) is 0 Å². The lowest BCUT2D eigenvalue weighted by Gasteiger charge is -2.44. The normalized spacial score (nSPS) is 29.7. The summed E-state index contributed by atoms with van der Waals surface area (Å²) in [7, 11) is 0. The number of hydrogen-bond acceptors (Lipinski definition) is 4. The number of piperidine rings is 1. The summed E-state index contributed by atoms with van der Waals surface area (Å²) in [5.41, 5.74) is 1.38. The van der Waals surface area contributed by atoms with Crippen LogP contribution in [0.15, 0.2) is 12.1 Å². The van der Waals surface area contributed by atoms with Crippen LogP contribution in [0.2, 0.25) is 0 Å². The van der Waals surface area contributed by atoms with Gasteiger partial charge in [-0.2, -0.15) is 0 Å². The molecule has 24 heavy (non-hydrogen) atoms. The fourth-order valence-electron chi connectivity index (χ4n) is 4.18. The fourth-order valence-corrected chi connectivity index (χ4v) is 4.18. The Morgan fingerprint density at radius 2 is 1.71 bits per heavy atom. The molecule has 1 N–H and O–H groups in total. The van der Waals surface area contributed by atoms with Crippen LogP contribution in [0, 0.1) is 13.8 Å². The number of hydrogen-bond donors (Lipinski definition) is 1. The zero-order valence-electron chi connectivity index (χ0n) is 15.3. The van der Waals surface area contributed by atoms with Crippen molar-refractivity contribution in [1.29, 1.82) is 0 Å². The van der Waals surface area contributed by atoms with Gasteiger partial charge in [0, 0.05) is 36.3 Å². The van der Waals surface area contributed by atoms with E-state index in [1.54, 1.807) is 0 Å². The molecule has 0 saturated carbocycles. The largest absolute Gasteiger partial charge is 0.444 e. The molecule has 2 unspecified atom stereocenters. The van der Waals surface area contributed by atoms with Crippen molar-refractivity contribution in [3.05, 3.63) is 29.1 Å². The maximum Gasteiger partial charge on any atom is 0.410 e. The van der Waals surface area contributed by atoms with Gasteiger partial charge < -0.3 is 14.7 Å². The number of rotatable bonds is 1. The Balaban J connectivity index is 1.83. The Hall–Kier alpha value is -1.62. The van der Waals surface area contributed by atoms with Crippen molar-refractivity contribution in [3.8, 4) is 0 Å². The van der Waals surface area contributed by atoms with E-state index < -0.39 is 11.2 Å². The molecule has 1 aromatic rings. The zero-order valence-corrected chi connectivity index (χ0v) is 15.3. The number of aromatic nitrogens is 1. The molecule has 3 heterocycles. The standard InChI is InChI=1S/C19H28N2O3/c1-12-8-14(9-13(2)20-12)19(23)10-15-6-7-16(11-19)21(15)17(22)24-18(3,4)5/h8-9,15-16,23H,6-7,10-11H2,1-5H3. The average molecular weight is 332 g/mol. The predicted octanol–water partition coefficient (Wildman–Crippen LogP) is 3.45. The van der Waals surface area contributed by atoms with Crippen LogP contribution in [0.5, 0.6) is 0 Å². The van der Waals surface area contributed by atoms with Crippen LogP contribution < -0.4 is 0 Å². The van der Waals surface area contributed by atoms with Crippen molar-refractivity contribution >= 4 is 6.09 Å². The molecule has 1 amide bonds. The highest BCUT2D eigenvalue weighted by molar-refractivity contribution is 5.69. The second kappa shape index (κ2) is 5.73. The predicted molar refractivity (Wildman–Crippen MR) is 91.7 cm³/mol. The summed E-state index contributed by atoms with van der Waals surface area (Å²) < 4.78 is 5.57. The van der Waals surface area contributed by atoms with Crippen LogP contribution in [-0.2, 0) is 10.3 Å². The Morgan fingerprint density at radius 3 is 2.17 bits per heavy atom. The number of nitrogens with zero attached hydrogens (tertiary/aromatic N) is 2. The minimum absolute atomic E-state index is 0.0392. The summed E-state index contributed by atoms with van der Waals surface area (Å²) in [6, 6.07) is 4.01. The molecule has 5 nitrogen and oxygen atoms in total. The van der Waals surface area contributed by atoms with Crippen LogP contribution in [0.1, 0.15) is 63.4 Å². The third-order valence-corrected chi connectivity index (χ3v) is 4.99. The second-order valence-corrected chi connectivity index (χ2v) is 8.35. The van der Waals surface area contributed by atoms with E-state index in [2.05, 4.69) is 4.98 Å². The van der Waals surface area contributed by atoms with E-state index in [1.807, 2.05) is 51.7 Å². The van der Waals surface area contributed by atoms with Crippen LogP contribution >= 0.6 is 0 Å². The summed E-state index contributed by atoms with van der Waals surface area (Å²) in [6.45, 7) is 9.55. The molecule has 2 aliphatic rings. The first-order chi connectivity index (χ1) is 11.1. The van der Waals surface area contributed by atoms with Crippen molar-refractivity contribution in [2.24, 2.45) is 0 Å². The van der Waals surface area contributed by atoms with Gasteiger partial charge in [0.1, 0.15) is 5.60 Å².